The highest BCUT2D eigenvalue weighted by atomic mass is 32.2. The molecule has 3 aromatic rings. The molecule has 0 spiro atoms. The molecule has 1 fully saturated rings. The van der Waals surface area contributed by atoms with Gasteiger partial charge in [0.2, 0.25) is 0 Å². The topological polar surface area (TPSA) is 41.5 Å². The van der Waals surface area contributed by atoms with Crippen molar-refractivity contribution in [3.05, 3.63) is 96.6 Å². The van der Waals surface area contributed by atoms with E-state index in [1.807, 2.05) is 12.1 Å². The smallest absolute Gasteiger partial charge is 0.253 e. The first-order chi connectivity index (χ1) is 15.3. The molecule has 2 atom stereocenters. The van der Waals surface area contributed by atoms with E-state index in [1.54, 1.807) is 0 Å². The van der Waals surface area contributed by atoms with E-state index in [2.05, 4.69) is 104 Å². The standard InChI is InChI=1S/C27H34N2OSSi/c1-27(2,3)32(25-15-9-5-10-16-25,26-17-11-6-12-18-26)29-31(30)20-19-24(22-28-31)21-23-13-7-4-8-14-23/h4-18,24H,19-22H2,1-3H3,(H,28,29,30). The zero-order chi connectivity index (χ0) is 22.7. The van der Waals surface area contributed by atoms with Gasteiger partial charge >= 0.3 is 0 Å². The van der Waals surface area contributed by atoms with Gasteiger partial charge in [-0.2, -0.15) is 0 Å². The largest absolute Gasteiger partial charge is 0.261 e. The summed E-state index contributed by atoms with van der Waals surface area (Å²) in [7, 11) is -5.23. The summed E-state index contributed by atoms with van der Waals surface area (Å²) in [6.07, 6.45) is 1.95. The number of hydrogen-bond acceptors (Lipinski definition) is 2. The minimum absolute atomic E-state index is 0.136. The Morgan fingerprint density at radius 1 is 0.875 bits per heavy atom. The van der Waals surface area contributed by atoms with Crippen molar-refractivity contribution in [2.45, 2.75) is 38.7 Å². The fourth-order valence-electron chi connectivity index (χ4n) is 4.80. The van der Waals surface area contributed by atoms with Crippen molar-refractivity contribution >= 4 is 28.5 Å². The van der Waals surface area contributed by atoms with Crippen LogP contribution < -0.4 is 15.1 Å². The van der Waals surface area contributed by atoms with Gasteiger partial charge in [-0.25, -0.2) is 8.93 Å². The summed E-state index contributed by atoms with van der Waals surface area (Å²) in [4.78, 5) is 0. The van der Waals surface area contributed by atoms with Gasteiger partial charge in [-0.15, -0.1) is 0 Å². The Kier molecular flexibility index (Phi) is 6.70. The van der Waals surface area contributed by atoms with E-state index in [0.717, 1.165) is 19.4 Å². The maximum Gasteiger partial charge on any atom is 0.261 e. The monoisotopic (exact) mass is 462 g/mol. The zero-order valence-corrected chi connectivity index (χ0v) is 21.1. The molecule has 1 heterocycles. The van der Waals surface area contributed by atoms with Crippen LogP contribution in [-0.2, 0) is 16.3 Å². The molecule has 3 nitrogen and oxygen atoms in total. The molecular weight excluding hydrogens is 428 g/mol. The summed E-state index contributed by atoms with van der Waals surface area (Å²) in [6, 6.07) is 31.7. The minimum Gasteiger partial charge on any atom is -0.253 e. The molecule has 4 rings (SSSR count). The molecule has 168 valence electrons. The molecule has 1 aliphatic heterocycles. The van der Waals surface area contributed by atoms with E-state index in [0.29, 0.717) is 11.7 Å². The van der Waals surface area contributed by atoms with Gasteiger partial charge in [-0.1, -0.05) is 112 Å². The van der Waals surface area contributed by atoms with Crippen LogP contribution in [0.5, 0.6) is 0 Å². The lowest BCUT2D eigenvalue weighted by Crippen LogP contribution is -2.64. The van der Waals surface area contributed by atoms with Crippen LogP contribution in [0.2, 0.25) is 5.04 Å². The van der Waals surface area contributed by atoms with Crippen LogP contribution in [0, 0.1) is 5.92 Å². The maximum absolute atomic E-state index is 14.2. The third-order valence-electron chi connectivity index (χ3n) is 6.52. The molecule has 0 aliphatic carbocycles. The number of benzene rings is 3. The first kappa shape index (κ1) is 23.0. The van der Waals surface area contributed by atoms with Gasteiger partial charge in [0.05, 0.1) is 9.92 Å². The summed E-state index contributed by atoms with van der Waals surface area (Å²) in [5.74, 6) is 1.09. The normalized spacial score (nSPS) is 21.8. The minimum atomic E-state index is -2.72. The number of nitrogens with zero attached hydrogens (tertiary/aromatic N) is 1. The molecule has 3 aromatic carbocycles. The van der Waals surface area contributed by atoms with Crippen molar-refractivity contribution < 1.29 is 4.21 Å². The van der Waals surface area contributed by atoms with Gasteiger partial charge < -0.3 is 0 Å². The van der Waals surface area contributed by atoms with Crippen LogP contribution in [0.4, 0.5) is 0 Å². The Labute approximate surface area is 194 Å². The second-order valence-electron chi connectivity index (χ2n) is 9.82. The third-order valence-corrected chi connectivity index (χ3v) is 14.7. The molecule has 0 saturated carbocycles. The fraction of sp³-hybridized carbons (Fsp3) is 0.333. The molecule has 5 heteroatoms. The molecule has 1 saturated heterocycles. The Balaban J connectivity index is 1.73. The predicted octanol–water partition coefficient (Wildman–Crippen LogP) is 4.78. The molecule has 0 bridgehead atoms. The van der Waals surface area contributed by atoms with E-state index in [-0.39, 0.29) is 5.04 Å². The van der Waals surface area contributed by atoms with Crippen LogP contribution >= 0.6 is 0 Å². The highest BCUT2D eigenvalue weighted by Crippen LogP contribution is 2.38. The van der Waals surface area contributed by atoms with Crippen molar-refractivity contribution in [3.63, 3.8) is 0 Å². The van der Waals surface area contributed by atoms with Crippen molar-refractivity contribution in [3.8, 4) is 0 Å². The second kappa shape index (κ2) is 9.34. The average molecular weight is 463 g/mol. The molecule has 1 N–H and O–H groups in total. The quantitative estimate of drug-likeness (QED) is 0.545. The van der Waals surface area contributed by atoms with Crippen molar-refractivity contribution in [1.29, 1.82) is 0 Å². The lowest BCUT2D eigenvalue weighted by molar-refractivity contribution is 0.479. The van der Waals surface area contributed by atoms with Gasteiger partial charge in [0.25, 0.3) is 8.24 Å². The molecule has 0 amide bonds. The lowest BCUT2D eigenvalue weighted by atomic mass is 9.97. The highest BCUT2D eigenvalue weighted by Gasteiger charge is 2.50. The lowest BCUT2D eigenvalue weighted by Gasteiger charge is -2.41. The number of nitrogens with one attached hydrogen (secondary N) is 1. The van der Waals surface area contributed by atoms with E-state index >= 15 is 0 Å². The first-order valence-electron chi connectivity index (χ1n) is 11.5. The number of hydrogen-bond donors (Lipinski definition) is 1. The van der Waals surface area contributed by atoms with Gasteiger partial charge in [0, 0.05) is 12.3 Å². The Morgan fingerprint density at radius 3 is 1.81 bits per heavy atom. The molecule has 2 unspecified atom stereocenters. The fourth-order valence-corrected chi connectivity index (χ4v) is 13.8. The summed E-state index contributed by atoms with van der Waals surface area (Å²) in [6.45, 7) is 7.51. The van der Waals surface area contributed by atoms with Gasteiger partial charge in [0.1, 0.15) is 0 Å². The third kappa shape index (κ3) is 4.75. The highest BCUT2D eigenvalue weighted by molar-refractivity contribution is 7.92. The van der Waals surface area contributed by atoms with E-state index < -0.39 is 18.2 Å². The van der Waals surface area contributed by atoms with Crippen molar-refractivity contribution in [2.75, 3.05) is 12.3 Å². The zero-order valence-electron chi connectivity index (χ0n) is 19.3. The Bertz CT molecular complexity index is 1080. The first-order valence-corrected chi connectivity index (χ1v) is 15.1. The molecule has 32 heavy (non-hydrogen) atoms. The van der Waals surface area contributed by atoms with Crippen LogP contribution in [0.15, 0.2) is 95.0 Å². The van der Waals surface area contributed by atoms with Gasteiger partial charge in [-0.05, 0) is 39.7 Å². The second-order valence-corrected chi connectivity index (χ2v) is 16.6. The van der Waals surface area contributed by atoms with Gasteiger partial charge in [0.15, 0.2) is 0 Å². The van der Waals surface area contributed by atoms with Crippen LogP contribution in [0.25, 0.3) is 0 Å². The van der Waals surface area contributed by atoms with Crippen LogP contribution in [0.3, 0.4) is 0 Å². The number of rotatable bonds is 5. The average Bonchev–Trinajstić information content (AvgIpc) is 2.80. The van der Waals surface area contributed by atoms with E-state index in [4.69, 9.17) is 4.03 Å². The summed E-state index contributed by atoms with van der Waals surface area (Å²) in [5.41, 5.74) is 1.34. The summed E-state index contributed by atoms with van der Waals surface area (Å²) < 4.78 is 23.0. The predicted molar refractivity (Wildman–Crippen MR) is 139 cm³/mol. The summed E-state index contributed by atoms with van der Waals surface area (Å²) in [5, 5.41) is 2.30. The Morgan fingerprint density at radius 2 is 1.38 bits per heavy atom. The maximum atomic E-state index is 14.2. The molecule has 0 radical (unpaired) electrons. The SMILES string of the molecule is CC(C)(C)[Si](N=S1(=O)CCC(Cc2ccccc2)CN1)(c1ccccc1)c1ccccc1. The van der Waals surface area contributed by atoms with E-state index in [9.17, 15) is 4.21 Å². The van der Waals surface area contributed by atoms with Gasteiger partial charge in [-0.3, -0.25) is 4.03 Å². The van der Waals surface area contributed by atoms with E-state index in [1.165, 1.54) is 15.9 Å². The summed E-state index contributed by atoms with van der Waals surface area (Å²) >= 11 is 0. The molecule has 1 aliphatic rings. The van der Waals surface area contributed by atoms with Crippen molar-refractivity contribution in [1.82, 2.24) is 4.72 Å². The molecular formula is C27H34N2OSSi. The Hall–Kier alpha value is -2.21. The van der Waals surface area contributed by atoms with Crippen molar-refractivity contribution in [2.24, 2.45) is 9.95 Å². The van der Waals surface area contributed by atoms with Crippen LogP contribution in [0.1, 0.15) is 32.8 Å². The molecule has 0 aromatic heterocycles. The van der Waals surface area contributed by atoms with Crippen LogP contribution in [-0.4, -0.2) is 24.7 Å².